The van der Waals surface area contributed by atoms with Crippen LogP contribution in [-0.4, -0.2) is 26.8 Å². The molecule has 0 saturated carbocycles. The third-order valence-corrected chi connectivity index (χ3v) is 5.05. The highest BCUT2D eigenvalue weighted by atomic mass is 16.4. The largest absolute Gasteiger partial charge is 0.481 e. The van der Waals surface area contributed by atoms with Crippen LogP contribution in [-0.2, 0) is 11.2 Å². The first-order valence-corrected chi connectivity index (χ1v) is 9.60. The molecule has 0 aliphatic rings. The Balaban J connectivity index is 1.74. The van der Waals surface area contributed by atoms with Gasteiger partial charge in [-0.05, 0) is 62.6 Å². The van der Waals surface area contributed by atoms with Crippen LogP contribution >= 0.6 is 0 Å². The van der Waals surface area contributed by atoms with E-state index in [0.29, 0.717) is 12.0 Å². The Morgan fingerprint density at radius 2 is 1.72 bits per heavy atom. The van der Waals surface area contributed by atoms with E-state index >= 15 is 0 Å². The molecule has 6 nitrogen and oxygen atoms in total. The van der Waals surface area contributed by atoms with Crippen molar-refractivity contribution in [1.29, 1.82) is 0 Å². The monoisotopic (exact) mass is 391 g/mol. The smallest absolute Gasteiger partial charge is 0.303 e. The number of amides is 1. The number of carbonyl (C=O) groups excluding carboxylic acids is 1. The average molecular weight is 391 g/mol. The third kappa shape index (κ3) is 4.71. The number of aryl methyl sites for hydroxylation is 1. The molecule has 0 radical (unpaired) electrons. The van der Waals surface area contributed by atoms with Crippen molar-refractivity contribution in [3.63, 3.8) is 0 Å². The number of aromatic nitrogens is 2. The molecule has 0 saturated heterocycles. The highest BCUT2D eigenvalue weighted by Gasteiger charge is 2.15. The lowest BCUT2D eigenvalue weighted by Crippen LogP contribution is -2.26. The van der Waals surface area contributed by atoms with Gasteiger partial charge in [-0.3, -0.25) is 9.59 Å². The van der Waals surface area contributed by atoms with Gasteiger partial charge in [-0.15, -0.1) is 0 Å². The molecular formula is C23H25N3O3. The van der Waals surface area contributed by atoms with Gasteiger partial charge in [-0.2, -0.15) is 5.10 Å². The molecule has 1 atom stereocenters. The summed E-state index contributed by atoms with van der Waals surface area (Å²) in [5.74, 6) is -0.958. The fourth-order valence-corrected chi connectivity index (χ4v) is 3.38. The zero-order valence-electron chi connectivity index (χ0n) is 16.8. The van der Waals surface area contributed by atoms with Gasteiger partial charge in [0.2, 0.25) is 0 Å². The first-order valence-electron chi connectivity index (χ1n) is 9.60. The predicted molar refractivity (Wildman–Crippen MR) is 111 cm³/mol. The van der Waals surface area contributed by atoms with Gasteiger partial charge in [-0.1, -0.05) is 30.3 Å². The molecule has 0 fully saturated rings. The van der Waals surface area contributed by atoms with Crippen LogP contribution in [0.4, 0.5) is 0 Å². The molecule has 3 rings (SSSR count). The maximum Gasteiger partial charge on any atom is 0.303 e. The van der Waals surface area contributed by atoms with Crippen molar-refractivity contribution in [1.82, 2.24) is 15.1 Å². The van der Waals surface area contributed by atoms with Crippen LogP contribution in [0.2, 0.25) is 0 Å². The Morgan fingerprint density at radius 3 is 2.34 bits per heavy atom. The van der Waals surface area contributed by atoms with Crippen LogP contribution in [0.15, 0.2) is 54.6 Å². The number of hydrogen-bond donors (Lipinski definition) is 2. The molecule has 1 amide bonds. The fourth-order valence-electron chi connectivity index (χ4n) is 3.38. The number of benzene rings is 2. The average Bonchev–Trinajstić information content (AvgIpc) is 3.00. The number of hydrogen-bond acceptors (Lipinski definition) is 3. The summed E-state index contributed by atoms with van der Waals surface area (Å²) in [6.07, 6.45) is 0.525. The van der Waals surface area contributed by atoms with Gasteiger partial charge in [-0.25, -0.2) is 4.68 Å². The summed E-state index contributed by atoms with van der Waals surface area (Å²) in [7, 11) is 0. The van der Waals surface area contributed by atoms with Crippen LogP contribution in [0.25, 0.3) is 5.69 Å². The molecule has 3 aromatic rings. The third-order valence-electron chi connectivity index (χ3n) is 5.05. The van der Waals surface area contributed by atoms with Gasteiger partial charge >= 0.3 is 5.97 Å². The maximum atomic E-state index is 12.6. The van der Waals surface area contributed by atoms with Gasteiger partial charge in [0.25, 0.3) is 5.91 Å². The van der Waals surface area contributed by atoms with Crippen molar-refractivity contribution >= 4 is 11.9 Å². The van der Waals surface area contributed by atoms with E-state index in [0.717, 1.165) is 28.2 Å². The van der Waals surface area contributed by atoms with Gasteiger partial charge in [0, 0.05) is 17.7 Å². The number of nitrogens with zero attached hydrogens (tertiary/aromatic N) is 2. The van der Waals surface area contributed by atoms with Crippen molar-refractivity contribution < 1.29 is 14.7 Å². The van der Waals surface area contributed by atoms with Crippen LogP contribution in [0.3, 0.4) is 0 Å². The van der Waals surface area contributed by atoms with Gasteiger partial charge in [0.05, 0.1) is 17.4 Å². The molecule has 1 aromatic heterocycles. The van der Waals surface area contributed by atoms with E-state index in [4.69, 9.17) is 5.11 Å². The summed E-state index contributed by atoms with van der Waals surface area (Å²) in [6.45, 7) is 5.77. The van der Waals surface area contributed by atoms with Gasteiger partial charge in [0.15, 0.2) is 0 Å². The number of nitrogens with one attached hydrogen (secondary N) is 1. The molecule has 2 N–H and O–H groups in total. The second-order valence-corrected chi connectivity index (χ2v) is 7.11. The van der Waals surface area contributed by atoms with E-state index in [1.807, 2.05) is 63.2 Å². The Hall–Kier alpha value is -3.41. The van der Waals surface area contributed by atoms with E-state index in [-0.39, 0.29) is 18.4 Å². The SMILES string of the molecule is Cc1nn(-c2ccc(C(=O)N[C@H](C)c3ccccc3)cc2)c(C)c1CCC(=O)O. The zero-order chi connectivity index (χ0) is 21.0. The molecule has 0 unspecified atom stereocenters. The maximum absolute atomic E-state index is 12.6. The summed E-state index contributed by atoms with van der Waals surface area (Å²) in [6, 6.07) is 17.0. The summed E-state index contributed by atoms with van der Waals surface area (Å²) >= 11 is 0. The number of aliphatic carboxylic acids is 1. The molecule has 0 aliphatic heterocycles. The van der Waals surface area contributed by atoms with Crippen LogP contribution in [0.1, 0.15) is 52.3 Å². The van der Waals surface area contributed by atoms with Crippen LogP contribution < -0.4 is 5.32 Å². The second kappa shape index (κ2) is 8.73. The Bertz CT molecular complexity index is 1010. The van der Waals surface area contributed by atoms with E-state index in [1.165, 1.54) is 0 Å². The number of rotatable bonds is 7. The fraction of sp³-hybridized carbons (Fsp3) is 0.261. The van der Waals surface area contributed by atoms with Crippen molar-refractivity contribution in [3.8, 4) is 5.69 Å². The molecule has 6 heteroatoms. The molecule has 0 bridgehead atoms. The Labute approximate surface area is 170 Å². The zero-order valence-corrected chi connectivity index (χ0v) is 16.8. The van der Waals surface area contributed by atoms with E-state index in [9.17, 15) is 9.59 Å². The lowest BCUT2D eigenvalue weighted by Gasteiger charge is -2.14. The minimum absolute atomic E-state index is 0.0755. The molecular weight excluding hydrogens is 366 g/mol. The standard InChI is InChI=1S/C23H25N3O3/c1-15(18-7-5-4-6-8-18)24-23(29)19-9-11-20(12-10-19)26-17(3)21(16(2)25-26)13-14-22(27)28/h4-12,15H,13-14H2,1-3H3,(H,24,29)(H,27,28)/t15-/m1/s1. The van der Waals surface area contributed by atoms with Gasteiger partial charge in [0.1, 0.15) is 0 Å². The Morgan fingerprint density at radius 1 is 1.07 bits per heavy atom. The second-order valence-electron chi connectivity index (χ2n) is 7.11. The summed E-state index contributed by atoms with van der Waals surface area (Å²) < 4.78 is 1.79. The van der Waals surface area contributed by atoms with Crippen LogP contribution in [0, 0.1) is 13.8 Å². The molecule has 0 spiro atoms. The minimum atomic E-state index is -0.823. The number of carbonyl (C=O) groups is 2. The highest BCUT2D eigenvalue weighted by molar-refractivity contribution is 5.94. The molecule has 1 heterocycles. The normalized spacial score (nSPS) is 11.8. The van der Waals surface area contributed by atoms with E-state index in [1.54, 1.807) is 16.8 Å². The summed E-state index contributed by atoms with van der Waals surface area (Å²) in [5.41, 5.74) is 5.14. The van der Waals surface area contributed by atoms with E-state index in [2.05, 4.69) is 10.4 Å². The van der Waals surface area contributed by atoms with E-state index < -0.39 is 5.97 Å². The lowest BCUT2D eigenvalue weighted by atomic mass is 10.1. The first-order chi connectivity index (χ1) is 13.9. The Kier molecular flexibility index (Phi) is 6.12. The summed E-state index contributed by atoms with van der Waals surface area (Å²) in [5, 5.41) is 16.5. The molecule has 2 aromatic carbocycles. The van der Waals surface area contributed by atoms with Gasteiger partial charge < -0.3 is 10.4 Å². The molecule has 0 aliphatic carbocycles. The minimum Gasteiger partial charge on any atom is -0.481 e. The summed E-state index contributed by atoms with van der Waals surface area (Å²) in [4.78, 5) is 23.4. The molecule has 150 valence electrons. The predicted octanol–water partition coefficient (Wildman–Crippen LogP) is 4.00. The quantitative estimate of drug-likeness (QED) is 0.638. The number of carboxylic acids is 1. The number of carboxylic acid groups (broad SMARTS) is 1. The lowest BCUT2D eigenvalue weighted by molar-refractivity contribution is -0.136. The molecule has 29 heavy (non-hydrogen) atoms. The van der Waals surface area contributed by atoms with Crippen LogP contribution in [0.5, 0.6) is 0 Å². The van der Waals surface area contributed by atoms with Crippen molar-refractivity contribution in [2.24, 2.45) is 0 Å². The topological polar surface area (TPSA) is 84.2 Å². The van der Waals surface area contributed by atoms with Crippen molar-refractivity contribution in [2.45, 2.75) is 39.7 Å². The van der Waals surface area contributed by atoms with Crippen molar-refractivity contribution in [3.05, 3.63) is 82.7 Å². The first kappa shape index (κ1) is 20.3. The van der Waals surface area contributed by atoms with Crippen molar-refractivity contribution in [2.75, 3.05) is 0 Å². The highest BCUT2D eigenvalue weighted by Crippen LogP contribution is 2.20.